The number of methoxy groups -OCH3 is 2. The Morgan fingerprint density at radius 3 is 2.24 bits per heavy atom. The summed E-state index contributed by atoms with van der Waals surface area (Å²) in [6.45, 7) is 5.95. The molecule has 0 amide bonds. The first kappa shape index (κ1) is 22.4. The van der Waals surface area contributed by atoms with E-state index in [0.29, 0.717) is 0 Å². The number of anilines is 2. The molecule has 2 aromatic carbocycles. The average Bonchev–Trinajstić information content (AvgIpc) is 3.34. The van der Waals surface area contributed by atoms with Crippen LogP contribution in [0.1, 0.15) is 0 Å². The molecule has 2 aromatic heterocycles. The van der Waals surface area contributed by atoms with E-state index in [4.69, 9.17) is 9.47 Å². The molecule has 1 saturated heterocycles. The molecule has 1 aliphatic heterocycles. The van der Waals surface area contributed by atoms with Gasteiger partial charge < -0.3 is 19.7 Å². The van der Waals surface area contributed by atoms with Gasteiger partial charge in [0.1, 0.15) is 28.5 Å². The predicted octanol–water partition coefficient (Wildman–Crippen LogP) is 4.61. The molecule has 5 rings (SSSR count). The molecule has 0 spiro atoms. The molecule has 1 aliphatic rings. The standard InChI is InChI=1S/C26H29N5O2S/c1-32-21-7-3-19(4-8-21)23-17-34-26-24(23)25(28-18-29-26)27-11-12-30-13-15-31(16-14-30)20-5-9-22(33-2)10-6-20/h3-10,17-18H,11-16H2,1-2H3,(H,27,28,29). The van der Waals surface area contributed by atoms with Gasteiger partial charge in [-0.25, -0.2) is 9.97 Å². The summed E-state index contributed by atoms with van der Waals surface area (Å²) in [5.41, 5.74) is 3.55. The van der Waals surface area contributed by atoms with Crippen molar-refractivity contribution in [2.75, 3.05) is 63.7 Å². The molecule has 34 heavy (non-hydrogen) atoms. The molecule has 1 N–H and O–H groups in total. The van der Waals surface area contributed by atoms with E-state index >= 15 is 0 Å². The lowest BCUT2D eigenvalue weighted by Crippen LogP contribution is -2.47. The first-order valence-electron chi connectivity index (χ1n) is 11.5. The van der Waals surface area contributed by atoms with Crippen LogP contribution in [0.15, 0.2) is 60.2 Å². The van der Waals surface area contributed by atoms with Gasteiger partial charge in [-0.2, -0.15) is 0 Å². The second-order valence-electron chi connectivity index (χ2n) is 8.23. The number of nitrogens with zero attached hydrogens (tertiary/aromatic N) is 4. The SMILES string of the molecule is COc1ccc(-c2csc3ncnc(NCCN4CCN(c5ccc(OC)cc5)CC4)c23)cc1. The van der Waals surface area contributed by atoms with Crippen LogP contribution in [0.2, 0.25) is 0 Å². The molecular formula is C26H29N5O2S. The highest BCUT2D eigenvalue weighted by molar-refractivity contribution is 7.17. The number of aromatic nitrogens is 2. The number of fused-ring (bicyclic) bond motifs is 1. The van der Waals surface area contributed by atoms with E-state index in [2.05, 4.69) is 54.7 Å². The highest BCUT2D eigenvalue weighted by Gasteiger charge is 2.18. The van der Waals surface area contributed by atoms with E-state index < -0.39 is 0 Å². The van der Waals surface area contributed by atoms with Crippen LogP contribution in [-0.4, -0.2) is 68.4 Å². The molecular weight excluding hydrogens is 446 g/mol. The third-order valence-corrected chi connectivity index (χ3v) is 7.19. The van der Waals surface area contributed by atoms with Crippen molar-refractivity contribution >= 4 is 33.1 Å². The normalized spacial score (nSPS) is 14.4. The van der Waals surface area contributed by atoms with Crippen molar-refractivity contribution < 1.29 is 9.47 Å². The first-order chi connectivity index (χ1) is 16.7. The Kier molecular flexibility index (Phi) is 6.78. The summed E-state index contributed by atoms with van der Waals surface area (Å²) in [4.78, 5) is 15.0. The molecule has 1 fully saturated rings. The van der Waals surface area contributed by atoms with Gasteiger partial charge in [0.05, 0.1) is 19.6 Å². The third-order valence-electron chi connectivity index (χ3n) is 6.30. The van der Waals surface area contributed by atoms with E-state index in [0.717, 1.165) is 77.9 Å². The van der Waals surface area contributed by atoms with Crippen molar-refractivity contribution in [3.8, 4) is 22.6 Å². The summed E-state index contributed by atoms with van der Waals surface area (Å²) in [7, 11) is 3.39. The van der Waals surface area contributed by atoms with Gasteiger partial charge >= 0.3 is 0 Å². The molecule has 176 valence electrons. The van der Waals surface area contributed by atoms with E-state index in [-0.39, 0.29) is 0 Å². The summed E-state index contributed by atoms with van der Waals surface area (Å²) >= 11 is 1.65. The lowest BCUT2D eigenvalue weighted by molar-refractivity contribution is 0.267. The fourth-order valence-electron chi connectivity index (χ4n) is 4.35. The van der Waals surface area contributed by atoms with Crippen molar-refractivity contribution in [2.24, 2.45) is 0 Å². The lowest BCUT2D eigenvalue weighted by atomic mass is 10.1. The van der Waals surface area contributed by atoms with Crippen LogP contribution in [0.5, 0.6) is 11.5 Å². The fraction of sp³-hybridized carbons (Fsp3) is 0.308. The van der Waals surface area contributed by atoms with E-state index in [1.54, 1.807) is 31.9 Å². The minimum Gasteiger partial charge on any atom is -0.497 e. The van der Waals surface area contributed by atoms with Gasteiger partial charge in [-0.05, 0) is 42.0 Å². The summed E-state index contributed by atoms with van der Waals surface area (Å²) in [6.07, 6.45) is 1.65. The van der Waals surface area contributed by atoms with Crippen molar-refractivity contribution in [2.45, 2.75) is 0 Å². The Labute approximate surface area is 204 Å². The Bertz CT molecular complexity index is 1220. The summed E-state index contributed by atoms with van der Waals surface area (Å²) in [6, 6.07) is 16.5. The summed E-state index contributed by atoms with van der Waals surface area (Å²) < 4.78 is 10.6. The molecule has 0 saturated carbocycles. The molecule has 7 nitrogen and oxygen atoms in total. The maximum atomic E-state index is 5.30. The summed E-state index contributed by atoms with van der Waals surface area (Å²) in [5.74, 6) is 2.65. The van der Waals surface area contributed by atoms with Crippen molar-refractivity contribution in [3.05, 3.63) is 60.2 Å². The Hall–Kier alpha value is -3.36. The zero-order valence-corrected chi connectivity index (χ0v) is 20.3. The van der Waals surface area contributed by atoms with Crippen LogP contribution in [0.3, 0.4) is 0 Å². The van der Waals surface area contributed by atoms with Crippen molar-refractivity contribution in [1.29, 1.82) is 0 Å². The highest BCUT2D eigenvalue weighted by atomic mass is 32.1. The Morgan fingerprint density at radius 1 is 0.882 bits per heavy atom. The fourth-order valence-corrected chi connectivity index (χ4v) is 5.26. The van der Waals surface area contributed by atoms with Gasteiger partial charge in [0.2, 0.25) is 0 Å². The minimum absolute atomic E-state index is 0.840. The number of piperazine rings is 1. The number of rotatable bonds is 8. The molecule has 4 aromatic rings. The second-order valence-corrected chi connectivity index (χ2v) is 9.09. The van der Waals surface area contributed by atoms with Crippen molar-refractivity contribution in [1.82, 2.24) is 14.9 Å². The zero-order chi connectivity index (χ0) is 23.3. The highest BCUT2D eigenvalue weighted by Crippen LogP contribution is 2.37. The van der Waals surface area contributed by atoms with E-state index in [9.17, 15) is 0 Å². The van der Waals surface area contributed by atoms with E-state index in [1.807, 2.05) is 24.3 Å². The van der Waals surface area contributed by atoms with Gasteiger partial charge in [-0.1, -0.05) is 12.1 Å². The maximum absolute atomic E-state index is 5.30. The number of benzene rings is 2. The van der Waals surface area contributed by atoms with Gasteiger partial charge in [0, 0.05) is 55.9 Å². The molecule has 0 aliphatic carbocycles. The summed E-state index contributed by atoms with van der Waals surface area (Å²) in [5, 5.41) is 6.81. The van der Waals surface area contributed by atoms with Gasteiger partial charge in [0.15, 0.2) is 0 Å². The zero-order valence-electron chi connectivity index (χ0n) is 19.5. The van der Waals surface area contributed by atoms with Crippen LogP contribution in [0.4, 0.5) is 11.5 Å². The predicted molar refractivity (Wildman–Crippen MR) is 140 cm³/mol. The lowest BCUT2D eigenvalue weighted by Gasteiger charge is -2.36. The monoisotopic (exact) mass is 475 g/mol. The smallest absolute Gasteiger partial charge is 0.138 e. The molecule has 8 heteroatoms. The van der Waals surface area contributed by atoms with Crippen LogP contribution in [-0.2, 0) is 0 Å². The molecule has 0 atom stereocenters. The molecule has 0 bridgehead atoms. The molecule has 0 radical (unpaired) electrons. The van der Waals surface area contributed by atoms with Gasteiger partial charge in [-0.3, -0.25) is 4.90 Å². The van der Waals surface area contributed by atoms with Gasteiger partial charge in [-0.15, -0.1) is 11.3 Å². The average molecular weight is 476 g/mol. The Morgan fingerprint density at radius 2 is 1.56 bits per heavy atom. The molecule has 3 heterocycles. The van der Waals surface area contributed by atoms with Crippen LogP contribution in [0.25, 0.3) is 21.3 Å². The van der Waals surface area contributed by atoms with Crippen molar-refractivity contribution in [3.63, 3.8) is 0 Å². The largest absolute Gasteiger partial charge is 0.497 e. The van der Waals surface area contributed by atoms with Crippen LogP contribution < -0.4 is 19.7 Å². The number of hydrogen-bond donors (Lipinski definition) is 1. The first-order valence-corrected chi connectivity index (χ1v) is 12.3. The molecule has 0 unspecified atom stereocenters. The van der Waals surface area contributed by atoms with Crippen LogP contribution >= 0.6 is 11.3 Å². The number of thiophene rings is 1. The number of ether oxygens (including phenoxy) is 2. The number of nitrogens with one attached hydrogen (secondary N) is 1. The number of hydrogen-bond acceptors (Lipinski definition) is 8. The van der Waals surface area contributed by atoms with E-state index in [1.165, 1.54) is 5.69 Å². The van der Waals surface area contributed by atoms with Crippen LogP contribution in [0, 0.1) is 0 Å². The quantitative estimate of drug-likeness (QED) is 0.399. The second kappa shape index (κ2) is 10.3. The van der Waals surface area contributed by atoms with Gasteiger partial charge in [0.25, 0.3) is 0 Å². The topological polar surface area (TPSA) is 62.8 Å². The minimum atomic E-state index is 0.840. The third kappa shape index (κ3) is 4.78. The Balaban J connectivity index is 1.20. The maximum Gasteiger partial charge on any atom is 0.138 e.